The van der Waals surface area contributed by atoms with Crippen LogP contribution in [-0.4, -0.2) is 17.9 Å². The molecule has 4 heteroatoms. The number of phenolic OH excluding ortho intramolecular Hbond substituents is 1. The Morgan fingerprint density at radius 1 is 1.56 bits per heavy atom. The van der Waals surface area contributed by atoms with E-state index < -0.39 is 0 Å². The molecule has 0 aromatic heterocycles. The van der Waals surface area contributed by atoms with Crippen molar-refractivity contribution in [3.05, 3.63) is 35.9 Å². The summed E-state index contributed by atoms with van der Waals surface area (Å²) < 4.78 is 5.32. The second-order valence-corrected chi connectivity index (χ2v) is 3.23. The Bertz CT molecular complexity index is 400. The number of phenols is 1. The Balaban J connectivity index is 3.20. The van der Waals surface area contributed by atoms with Crippen molar-refractivity contribution >= 4 is 6.21 Å². The van der Waals surface area contributed by atoms with Crippen LogP contribution in [0.2, 0.25) is 0 Å². The van der Waals surface area contributed by atoms with Crippen molar-refractivity contribution in [2.75, 3.05) is 6.61 Å². The number of hydrazone groups is 1. The van der Waals surface area contributed by atoms with Gasteiger partial charge in [-0.3, -0.25) is 0 Å². The molecule has 3 N–H and O–H groups in total. The minimum absolute atomic E-state index is 0.149. The molecule has 0 fully saturated rings. The molecule has 0 heterocycles. The summed E-state index contributed by atoms with van der Waals surface area (Å²) in [5.74, 6) is 5.68. The van der Waals surface area contributed by atoms with Crippen molar-refractivity contribution < 1.29 is 9.84 Å². The van der Waals surface area contributed by atoms with Crippen LogP contribution in [0.15, 0.2) is 29.9 Å². The van der Waals surface area contributed by atoms with Gasteiger partial charge in [-0.05, 0) is 31.0 Å². The zero-order valence-corrected chi connectivity index (χ0v) is 9.31. The first-order valence-corrected chi connectivity index (χ1v) is 5.05. The van der Waals surface area contributed by atoms with Crippen molar-refractivity contribution in [3.8, 4) is 11.5 Å². The van der Waals surface area contributed by atoms with E-state index in [2.05, 4.69) is 11.7 Å². The molecule has 1 aromatic rings. The highest BCUT2D eigenvalue weighted by Gasteiger charge is 2.09. The zero-order chi connectivity index (χ0) is 12.0. The highest BCUT2D eigenvalue weighted by atomic mass is 16.5. The lowest BCUT2D eigenvalue weighted by Crippen LogP contribution is -1.97. The van der Waals surface area contributed by atoms with Gasteiger partial charge in [-0.1, -0.05) is 6.08 Å². The molecule has 0 aliphatic carbocycles. The average Bonchev–Trinajstić information content (AvgIpc) is 2.26. The van der Waals surface area contributed by atoms with Gasteiger partial charge in [0.05, 0.1) is 12.8 Å². The number of ether oxygens (including phenoxy) is 1. The Kier molecular flexibility index (Phi) is 4.39. The molecule has 0 aliphatic rings. The molecular formula is C12H16N2O2. The van der Waals surface area contributed by atoms with E-state index in [0.29, 0.717) is 18.8 Å². The number of aromatic hydroxyl groups is 1. The lowest BCUT2D eigenvalue weighted by atomic mass is 10.1. The number of nitrogens with zero attached hydrogens (tertiary/aromatic N) is 1. The maximum absolute atomic E-state index is 9.90. The normalized spacial score (nSPS) is 10.6. The number of hydrogen-bond acceptors (Lipinski definition) is 4. The molecule has 16 heavy (non-hydrogen) atoms. The third-order valence-electron chi connectivity index (χ3n) is 2.06. The van der Waals surface area contributed by atoms with Gasteiger partial charge in [0.15, 0.2) is 11.5 Å². The minimum atomic E-state index is 0.149. The first-order valence-electron chi connectivity index (χ1n) is 5.05. The van der Waals surface area contributed by atoms with E-state index in [1.54, 1.807) is 18.2 Å². The number of rotatable bonds is 5. The van der Waals surface area contributed by atoms with E-state index in [0.717, 1.165) is 11.1 Å². The molecule has 0 atom stereocenters. The van der Waals surface area contributed by atoms with Gasteiger partial charge in [-0.2, -0.15) is 5.10 Å². The smallest absolute Gasteiger partial charge is 0.161 e. The van der Waals surface area contributed by atoms with Gasteiger partial charge >= 0.3 is 0 Å². The Labute approximate surface area is 95.0 Å². The predicted octanol–water partition coefficient (Wildman–Crippen LogP) is 1.81. The molecule has 0 saturated carbocycles. The van der Waals surface area contributed by atoms with Crippen LogP contribution in [0.25, 0.3) is 0 Å². The van der Waals surface area contributed by atoms with Crippen molar-refractivity contribution in [3.63, 3.8) is 0 Å². The molecule has 1 aromatic carbocycles. The largest absolute Gasteiger partial charge is 0.504 e. The molecule has 0 radical (unpaired) electrons. The summed E-state index contributed by atoms with van der Waals surface area (Å²) in [6.07, 6.45) is 3.79. The number of hydrogen-bond donors (Lipinski definition) is 2. The van der Waals surface area contributed by atoms with Crippen molar-refractivity contribution in [2.45, 2.75) is 13.3 Å². The van der Waals surface area contributed by atoms with Crippen LogP contribution in [0.5, 0.6) is 11.5 Å². The quantitative estimate of drug-likeness (QED) is 0.344. The van der Waals surface area contributed by atoms with Crippen LogP contribution >= 0.6 is 0 Å². The summed E-state index contributed by atoms with van der Waals surface area (Å²) in [5, 5.41) is 13.3. The van der Waals surface area contributed by atoms with Crippen LogP contribution in [0.3, 0.4) is 0 Å². The molecule has 0 aliphatic heterocycles. The monoisotopic (exact) mass is 220 g/mol. The van der Waals surface area contributed by atoms with Crippen LogP contribution in [0.4, 0.5) is 0 Å². The van der Waals surface area contributed by atoms with Crippen molar-refractivity contribution in [2.24, 2.45) is 10.9 Å². The highest BCUT2D eigenvalue weighted by molar-refractivity contribution is 5.81. The molecular weight excluding hydrogens is 204 g/mol. The lowest BCUT2D eigenvalue weighted by Gasteiger charge is -2.10. The predicted molar refractivity (Wildman–Crippen MR) is 65.0 cm³/mol. The molecule has 0 unspecified atom stereocenters. The number of allylic oxidation sites excluding steroid dienone is 1. The molecule has 0 bridgehead atoms. The highest BCUT2D eigenvalue weighted by Crippen LogP contribution is 2.31. The van der Waals surface area contributed by atoms with Gasteiger partial charge < -0.3 is 15.7 Å². The van der Waals surface area contributed by atoms with E-state index in [4.69, 9.17) is 10.6 Å². The number of nitrogens with two attached hydrogens (primary N) is 1. The molecule has 4 nitrogen and oxygen atoms in total. The molecule has 1 rings (SSSR count). The third kappa shape index (κ3) is 2.76. The van der Waals surface area contributed by atoms with Crippen LogP contribution < -0.4 is 10.6 Å². The second-order valence-electron chi connectivity index (χ2n) is 3.23. The summed E-state index contributed by atoms with van der Waals surface area (Å²) >= 11 is 0. The van der Waals surface area contributed by atoms with Gasteiger partial charge in [0.25, 0.3) is 0 Å². The van der Waals surface area contributed by atoms with Crippen LogP contribution in [0.1, 0.15) is 18.1 Å². The minimum Gasteiger partial charge on any atom is -0.504 e. The van der Waals surface area contributed by atoms with Gasteiger partial charge in [0.1, 0.15) is 0 Å². The SMILES string of the molecule is C=CCc1cc(C=NN)cc(OCC)c1O. The zero-order valence-electron chi connectivity index (χ0n) is 9.31. The third-order valence-corrected chi connectivity index (χ3v) is 2.06. The van der Waals surface area contributed by atoms with Crippen molar-refractivity contribution in [1.82, 2.24) is 0 Å². The molecule has 0 saturated heterocycles. The molecule has 0 amide bonds. The van der Waals surface area contributed by atoms with E-state index in [1.165, 1.54) is 6.21 Å². The summed E-state index contributed by atoms with van der Waals surface area (Å²) in [6.45, 7) is 5.99. The fourth-order valence-electron chi connectivity index (χ4n) is 1.43. The van der Waals surface area contributed by atoms with E-state index in [9.17, 15) is 5.11 Å². The Morgan fingerprint density at radius 2 is 2.31 bits per heavy atom. The standard InChI is InChI=1S/C12H16N2O2/c1-3-5-10-6-9(8-14-13)7-11(12(10)15)16-4-2/h3,6-8,15H,1,4-5,13H2,2H3. The van der Waals surface area contributed by atoms with Gasteiger partial charge in [0.2, 0.25) is 0 Å². The van der Waals surface area contributed by atoms with Gasteiger partial charge in [0, 0.05) is 5.56 Å². The second kappa shape index (κ2) is 5.80. The fraction of sp³-hybridized carbons (Fsp3) is 0.250. The maximum atomic E-state index is 9.90. The Morgan fingerprint density at radius 3 is 2.88 bits per heavy atom. The number of benzene rings is 1. The summed E-state index contributed by atoms with van der Waals surface area (Å²) in [7, 11) is 0. The molecule has 86 valence electrons. The topological polar surface area (TPSA) is 67.8 Å². The maximum Gasteiger partial charge on any atom is 0.161 e. The first-order chi connectivity index (χ1) is 7.72. The molecule has 0 spiro atoms. The fourth-order valence-corrected chi connectivity index (χ4v) is 1.43. The lowest BCUT2D eigenvalue weighted by molar-refractivity contribution is 0.317. The van der Waals surface area contributed by atoms with Gasteiger partial charge in [-0.15, -0.1) is 6.58 Å². The van der Waals surface area contributed by atoms with Crippen molar-refractivity contribution in [1.29, 1.82) is 0 Å². The Hall–Kier alpha value is -1.97. The van der Waals surface area contributed by atoms with Gasteiger partial charge in [-0.25, -0.2) is 0 Å². The first kappa shape index (κ1) is 12.1. The van der Waals surface area contributed by atoms with Crippen LogP contribution in [-0.2, 0) is 6.42 Å². The van der Waals surface area contributed by atoms with E-state index in [1.807, 2.05) is 6.92 Å². The average molecular weight is 220 g/mol. The summed E-state index contributed by atoms with van der Waals surface area (Å²) in [4.78, 5) is 0. The van der Waals surface area contributed by atoms with E-state index >= 15 is 0 Å². The van der Waals surface area contributed by atoms with E-state index in [-0.39, 0.29) is 5.75 Å². The summed E-state index contributed by atoms with van der Waals surface area (Å²) in [6, 6.07) is 3.50. The van der Waals surface area contributed by atoms with Crippen LogP contribution in [0, 0.1) is 0 Å². The summed E-state index contributed by atoms with van der Waals surface area (Å²) in [5.41, 5.74) is 1.54.